The maximum Gasteiger partial charge on any atom is 0.410 e. The number of ether oxygens (including phenoxy) is 1. The molecule has 1 heterocycles. The number of cyclic esters (lactones) is 1. The highest BCUT2D eigenvalue weighted by molar-refractivity contribution is 6.31. The summed E-state index contributed by atoms with van der Waals surface area (Å²) in [6.07, 6.45) is -0.338. The Morgan fingerprint density at radius 1 is 1.23 bits per heavy atom. The van der Waals surface area contributed by atoms with Crippen LogP contribution in [0.3, 0.4) is 0 Å². The number of hydrogen-bond donors (Lipinski definition) is 0. The maximum absolute atomic E-state index is 13.2. The van der Waals surface area contributed by atoms with Gasteiger partial charge < -0.3 is 9.64 Å². The van der Waals surface area contributed by atoms with Crippen LogP contribution in [0.25, 0.3) is 11.1 Å². The Balaban J connectivity index is 1.75. The Morgan fingerprint density at radius 2 is 1.91 bits per heavy atom. The van der Waals surface area contributed by atoms with Gasteiger partial charge in [0.05, 0.1) is 11.6 Å². The smallest absolute Gasteiger partial charge is 0.410 e. The van der Waals surface area contributed by atoms with E-state index < -0.39 is 5.82 Å². The summed E-state index contributed by atoms with van der Waals surface area (Å²) in [5.41, 5.74) is 2.82. The average molecular weight is 320 g/mol. The molecule has 1 aliphatic rings. The number of nitrogens with zero attached hydrogens (tertiary/aromatic N) is 1. The lowest BCUT2D eigenvalue weighted by Crippen LogP contribution is -2.24. The molecular formula is C17H15ClFNO2. The Morgan fingerprint density at radius 3 is 2.50 bits per heavy atom. The van der Waals surface area contributed by atoms with Crippen LogP contribution in [0.1, 0.15) is 12.5 Å². The fraction of sp³-hybridized carbons (Fsp3) is 0.235. The third-order valence-corrected chi connectivity index (χ3v) is 3.91. The molecule has 1 amide bonds. The topological polar surface area (TPSA) is 29.5 Å². The predicted octanol–water partition coefficient (Wildman–Crippen LogP) is 4.49. The highest BCUT2D eigenvalue weighted by atomic mass is 35.5. The molecule has 0 bridgehead atoms. The van der Waals surface area contributed by atoms with Gasteiger partial charge in [0.25, 0.3) is 0 Å². The molecule has 0 N–H and O–H groups in total. The summed E-state index contributed by atoms with van der Waals surface area (Å²) in [4.78, 5) is 13.3. The molecule has 3 rings (SSSR count). The van der Waals surface area contributed by atoms with Gasteiger partial charge in [-0.1, -0.05) is 41.9 Å². The van der Waals surface area contributed by atoms with Gasteiger partial charge in [-0.05, 0) is 35.7 Å². The van der Waals surface area contributed by atoms with E-state index >= 15 is 0 Å². The minimum Gasteiger partial charge on any atom is -0.444 e. The van der Waals surface area contributed by atoms with E-state index in [9.17, 15) is 9.18 Å². The summed E-state index contributed by atoms with van der Waals surface area (Å²) in [5, 5.41) is 0.107. The zero-order chi connectivity index (χ0) is 15.7. The number of carbonyl (C=O) groups is 1. The van der Waals surface area contributed by atoms with Crippen LogP contribution in [0, 0.1) is 5.82 Å². The SMILES string of the molecule is C[C@@H]1CN(Cc2ccc(-c3ccc(F)c(Cl)c3)cc2)C(=O)O1. The van der Waals surface area contributed by atoms with Gasteiger partial charge in [0.15, 0.2) is 0 Å². The molecule has 2 aromatic rings. The van der Waals surface area contributed by atoms with Crippen LogP contribution in [0.5, 0.6) is 0 Å². The Labute approximate surface area is 133 Å². The van der Waals surface area contributed by atoms with Crippen molar-refractivity contribution >= 4 is 17.7 Å². The molecule has 0 saturated carbocycles. The Kier molecular flexibility index (Phi) is 4.03. The maximum atomic E-state index is 13.2. The number of halogens is 2. The van der Waals surface area contributed by atoms with Crippen LogP contribution in [0.15, 0.2) is 42.5 Å². The van der Waals surface area contributed by atoms with Crippen molar-refractivity contribution in [1.29, 1.82) is 0 Å². The Hall–Kier alpha value is -2.07. The molecule has 1 fully saturated rings. The molecule has 2 aromatic carbocycles. The Bertz CT molecular complexity index is 702. The molecular weight excluding hydrogens is 305 g/mol. The molecule has 22 heavy (non-hydrogen) atoms. The van der Waals surface area contributed by atoms with Crippen LogP contribution in [-0.4, -0.2) is 23.6 Å². The molecule has 0 radical (unpaired) electrons. The van der Waals surface area contributed by atoms with Crippen LogP contribution in [0.2, 0.25) is 5.02 Å². The molecule has 5 heteroatoms. The average Bonchev–Trinajstić information content (AvgIpc) is 2.81. The van der Waals surface area contributed by atoms with Crippen molar-refractivity contribution in [1.82, 2.24) is 4.90 Å². The first-order valence-electron chi connectivity index (χ1n) is 7.03. The second kappa shape index (κ2) is 5.97. The van der Waals surface area contributed by atoms with Gasteiger partial charge >= 0.3 is 6.09 Å². The first-order chi connectivity index (χ1) is 10.5. The van der Waals surface area contributed by atoms with Crippen molar-refractivity contribution in [2.45, 2.75) is 19.6 Å². The molecule has 114 valence electrons. The van der Waals surface area contributed by atoms with Crippen molar-refractivity contribution in [3.63, 3.8) is 0 Å². The molecule has 0 aliphatic carbocycles. The van der Waals surface area contributed by atoms with E-state index in [4.69, 9.17) is 16.3 Å². The number of rotatable bonds is 3. The summed E-state index contributed by atoms with van der Waals surface area (Å²) < 4.78 is 18.3. The fourth-order valence-corrected chi connectivity index (χ4v) is 2.68. The van der Waals surface area contributed by atoms with E-state index in [0.717, 1.165) is 16.7 Å². The van der Waals surface area contributed by atoms with Gasteiger partial charge in [0.1, 0.15) is 11.9 Å². The normalized spacial score (nSPS) is 17.7. The first kappa shape index (κ1) is 14.9. The molecule has 1 atom stereocenters. The summed E-state index contributed by atoms with van der Waals surface area (Å²) in [5.74, 6) is -0.427. The molecule has 0 spiro atoms. The van der Waals surface area contributed by atoms with Gasteiger partial charge in [-0.15, -0.1) is 0 Å². The van der Waals surface area contributed by atoms with E-state index in [0.29, 0.717) is 13.1 Å². The summed E-state index contributed by atoms with van der Waals surface area (Å²) in [6.45, 7) is 3.00. The lowest BCUT2D eigenvalue weighted by molar-refractivity contribution is 0.137. The summed E-state index contributed by atoms with van der Waals surface area (Å²) in [6, 6.07) is 12.4. The molecule has 0 unspecified atom stereocenters. The first-order valence-corrected chi connectivity index (χ1v) is 7.40. The van der Waals surface area contributed by atoms with Gasteiger partial charge in [-0.25, -0.2) is 9.18 Å². The number of carbonyl (C=O) groups excluding carboxylic acids is 1. The molecule has 0 aromatic heterocycles. The zero-order valence-electron chi connectivity index (χ0n) is 12.1. The third-order valence-electron chi connectivity index (χ3n) is 3.62. The van der Waals surface area contributed by atoms with Crippen LogP contribution >= 0.6 is 11.6 Å². The molecule has 1 aliphatic heterocycles. The van der Waals surface area contributed by atoms with Crippen LogP contribution in [0.4, 0.5) is 9.18 Å². The minimum absolute atomic E-state index is 0.0619. The van der Waals surface area contributed by atoms with Gasteiger partial charge in [0, 0.05) is 6.54 Å². The highest BCUT2D eigenvalue weighted by Gasteiger charge is 2.27. The van der Waals surface area contributed by atoms with Crippen molar-refractivity contribution in [2.24, 2.45) is 0 Å². The van der Waals surface area contributed by atoms with Gasteiger partial charge in [-0.3, -0.25) is 0 Å². The van der Waals surface area contributed by atoms with Crippen molar-refractivity contribution in [3.05, 3.63) is 58.9 Å². The standard InChI is InChI=1S/C17H15ClFNO2/c1-11-9-20(17(21)22-11)10-12-2-4-13(5-3-12)14-6-7-16(19)15(18)8-14/h2-8,11H,9-10H2,1H3/t11-/m1/s1. The monoisotopic (exact) mass is 319 g/mol. The largest absolute Gasteiger partial charge is 0.444 e. The highest BCUT2D eigenvalue weighted by Crippen LogP contribution is 2.25. The zero-order valence-corrected chi connectivity index (χ0v) is 12.8. The number of benzene rings is 2. The number of hydrogen-bond acceptors (Lipinski definition) is 2. The van der Waals surface area contributed by atoms with E-state index in [1.54, 1.807) is 17.0 Å². The van der Waals surface area contributed by atoms with Crippen molar-refractivity contribution in [3.8, 4) is 11.1 Å². The van der Waals surface area contributed by atoms with Crippen LogP contribution in [-0.2, 0) is 11.3 Å². The molecule has 3 nitrogen and oxygen atoms in total. The minimum atomic E-state index is -0.427. The summed E-state index contributed by atoms with van der Waals surface area (Å²) >= 11 is 5.81. The second-order valence-corrected chi connectivity index (χ2v) is 5.81. The molecule has 1 saturated heterocycles. The van der Waals surface area contributed by atoms with Gasteiger partial charge in [-0.2, -0.15) is 0 Å². The van der Waals surface area contributed by atoms with E-state index in [1.807, 2.05) is 31.2 Å². The van der Waals surface area contributed by atoms with E-state index in [2.05, 4.69) is 0 Å². The number of amides is 1. The van der Waals surface area contributed by atoms with Crippen molar-refractivity contribution < 1.29 is 13.9 Å². The van der Waals surface area contributed by atoms with Crippen LogP contribution < -0.4 is 0 Å². The van der Waals surface area contributed by atoms with E-state index in [1.165, 1.54) is 6.07 Å². The van der Waals surface area contributed by atoms with Crippen molar-refractivity contribution in [2.75, 3.05) is 6.54 Å². The van der Waals surface area contributed by atoms with E-state index in [-0.39, 0.29) is 17.2 Å². The lowest BCUT2D eigenvalue weighted by Gasteiger charge is -2.13. The fourth-order valence-electron chi connectivity index (χ4n) is 2.50. The second-order valence-electron chi connectivity index (χ2n) is 5.40. The lowest BCUT2D eigenvalue weighted by atomic mass is 10.0. The predicted molar refractivity (Wildman–Crippen MR) is 83.2 cm³/mol. The summed E-state index contributed by atoms with van der Waals surface area (Å²) in [7, 11) is 0. The quantitative estimate of drug-likeness (QED) is 0.834. The van der Waals surface area contributed by atoms with Gasteiger partial charge in [0.2, 0.25) is 0 Å². The third kappa shape index (κ3) is 3.07.